The van der Waals surface area contributed by atoms with Crippen LogP contribution in [0.4, 0.5) is 0 Å². The first-order valence-electron chi connectivity index (χ1n) is 7.19. The molecule has 2 heterocycles. The molecule has 0 aromatic carbocycles. The Morgan fingerprint density at radius 2 is 1.88 bits per heavy atom. The van der Waals surface area contributed by atoms with Gasteiger partial charge in [0.2, 0.25) is 0 Å². The van der Waals surface area contributed by atoms with E-state index in [0.717, 1.165) is 31.5 Å². The SMILES string of the molecule is CCCC(C)(O)CNC1CC2CCC(C1)N2C. The molecule has 2 rings (SSSR count). The fraction of sp³-hybridized carbons (Fsp3) is 1.00. The molecule has 17 heavy (non-hydrogen) atoms. The van der Waals surface area contributed by atoms with Crippen molar-refractivity contribution in [2.45, 2.75) is 76.1 Å². The molecule has 0 radical (unpaired) electrons. The van der Waals surface area contributed by atoms with Crippen LogP contribution >= 0.6 is 0 Å². The molecule has 0 aromatic heterocycles. The van der Waals surface area contributed by atoms with Crippen molar-refractivity contribution in [1.29, 1.82) is 0 Å². The molecule has 2 bridgehead atoms. The Bertz CT molecular complexity index is 241. The van der Waals surface area contributed by atoms with Crippen molar-refractivity contribution in [2.24, 2.45) is 0 Å². The number of hydrogen-bond donors (Lipinski definition) is 2. The maximum atomic E-state index is 10.2. The minimum Gasteiger partial charge on any atom is -0.389 e. The highest BCUT2D eigenvalue weighted by molar-refractivity contribution is 4.96. The first-order valence-corrected chi connectivity index (χ1v) is 7.19. The monoisotopic (exact) mass is 240 g/mol. The largest absolute Gasteiger partial charge is 0.389 e. The number of fused-ring (bicyclic) bond motifs is 2. The van der Waals surface area contributed by atoms with Crippen LogP contribution in [0.2, 0.25) is 0 Å². The minimum atomic E-state index is -0.531. The number of nitrogens with zero attached hydrogens (tertiary/aromatic N) is 1. The van der Waals surface area contributed by atoms with Crippen LogP contribution in [0.3, 0.4) is 0 Å². The molecule has 0 aliphatic carbocycles. The van der Waals surface area contributed by atoms with E-state index in [1.54, 1.807) is 0 Å². The summed E-state index contributed by atoms with van der Waals surface area (Å²) in [7, 11) is 2.27. The van der Waals surface area contributed by atoms with Crippen molar-refractivity contribution in [2.75, 3.05) is 13.6 Å². The second-order valence-electron chi connectivity index (χ2n) is 6.35. The summed E-state index contributed by atoms with van der Waals surface area (Å²) in [5, 5.41) is 13.8. The molecule has 0 saturated carbocycles. The lowest BCUT2D eigenvalue weighted by atomic mass is 9.95. The van der Waals surface area contributed by atoms with Crippen LogP contribution < -0.4 is 5.32 Å². The number of hydrogen-bond acceptors (Lipinski definition) is 3. The number of nitrogens with one attached hydrogen (secondary N) is 1. The van der Waals surface area contributed by atoms with Gasteiger partial charge < -0.3 is 15.3 Å². The van der Waals surface area contributed by atoms with E-state index < -0.39 is 5.60 Å². The maximum absolute atomic E-state index is 10.2. The quantitative estimate of drug-likeness (QED) is 0.768. The first-order chi connectivity index (χ1) is 8.02. The van der Waals surface area contributed by atoms with Gasteiger partial charge in [-0.05, 0) is 46.1 Å². The van der Waals surface area contributed by atoms with Gasteiger partial charge in [-0.25, -0.2) is 0 Å². The Morgan fingerprint density at radius 1 is 1.29 bits per heavy atom. The van der Waals surface area contributed by atoms with Gasteiger partial charge in [0.1, 0.15) is 0 Å². The zero-order valence-electron chi connectivity index (χ0n) is 11.6. The Labute approximate surface area is 106 Å². The summed E-state index contributed by atoms with van der Waals surface area (Å²) in [6, 6.07) is 2.18. The van der Waals surface area contributed by atoms with Crippen LogP contribution in [0.1, 0.15) is 52.4 Å². The van der Waals surface area contributed by atoms with Gasteiger partial charge >= 0.3 is 0 Å². The molecule has 3 atom stereocenters. The lowest BCUT2D eigenvalue weighted by Crippen LogP contribution is -2.50. The molecular weight excluding hydrogens is 212 g/mol. The van der Waals surface area contributed by atoms with Crippen molar-refractivity contribution in [3.8, 4) is 0 Å². The van der Waals surface area contributed by atoms with E-state index in [4.69, 9.17) is 0 Å². The molecule has 2 N–H and O–H groups in total. The molecule has 100 valence electrons. The molecule has 0 amide bonds. The van der Waals surface area contributed by atoms with E-state index in [1.807, 2.05) is 6.92 Å². The van der Waals surface area contributed by atoms with Gasteiger partial charge in [0.15, 0.2) is 0 Å². The molecule has 3 nitrogen and oxygen atoms in total. The summed E-state index contributed by atoms with van der Waals surface area (Å²) in [5.74, 6) is 0. The Hall–Kier alpha value is -0.120. The average molecular weight is 240 g/mol. The Kier molecular flexibility index (Phi) is 4.11. The van der Waals surface area contributed by atoms with E-state index in [9.17, 15) is 5.11 Å². The summed E-state index contributed by atoms with van der Waals surface area (Å²) in [6.45, 7) is 4.83. The standard InChI is InChI=1S/C14H28N2O/c1-4-7-14(2,17)10-15-11-8-12-5-6-13(9-11)16(12)3/h11-13,15,17H,4-10H2,1-3H3. The molecule has 0 spiro atoms. The summed E-state index contributed by atoms with van der Waals surface area (Å²) in [4.78, 5) is 2.56. The smallest absolute Gasteiger partial charge is 0.0743 e. The van der Waals surface area contributed by atoms with Crippen LogP contribution in [-0.2, 0) is 0 Å². The highest BCUT2D eigenvalue weighted by atomic mass is 16.3. The summed E-state index contributed by atoms with van der Waals surface area (Å²) in [5.41, 5.74) is -0.531. The van der Waals surface area contributed by atoms with Gasteiger partial charge in [-0.15, -0.1) is 0 Å². The van der Waals surface area contributed by atoms with E-state index >= 15 is 0 Å². The van der Waals surface area contributed by atoms with Crippen LogP contribution in [0.5, 0.6) is 0 Å². The molecule has 3 unspecified atom stereocenters. The van der Waals surface area contributed by atoms with Crippen LogP contribution in [0.15, 0.2) is 0 Å². The molecule has 2 aliphatic rings. The maximum Gasteiger partial charge on any atom is 0.0743 e. The topological polar surface area (TPSA) is 35.5 Å². The Balaban J connectivity index is 1.78. The van der Waals surface area contributed by atoms with Gasteiger partial charge in [-0.3, -0.25) is 0 Å². The third-order valence-electron chi connectivity index (χ3n) is 4.66. The zero-order valence-corrected chi connectivity index (χ0v) is 11.6. The molecule has 2 saturated heterocycles. The highest BCUT2D eigenvalue weighted by Gasteiger charge is 2.38. The van der Waals surface area contributed by atoms with Crippen molar-refractivity contribution in [3.63, 3.8) is 0 Å². The number of rotatable bonds is 5. The van der Waals surface area contributed by atoms with E-state index in [1.165, 1.54) is 25.7 Å². The molecule has 2 aliphatic heterocycles. The molecule has 0 aromatic rings. The number of aliphatic hydroxyl groups is 1. The minimum absolute atomic E-state index is 0.531. The van der Waals surface area contributed by atoms with Gasteiger partial charge in [-0.1, -0.05) is 13.3 Å². The molecule has 3 heteroatoms. The fourth-order valence-corrected chi connectivity index (χ4v) is 3.57. The van der Waals surface area contributed by atoms with E-state index in [0.29, 0.717) is 6.04 Å². The second kappa shape index (κ2) is 5.25. The van der Waals surface area contributed by atoms with E-state index in [2.05, 4.69) is 24.2 Å². The molecule has 2 fully saturated rings. The second-order valence-corrected chi connectivity index (χ2v) is 6.35. The van der Waals surface area contributed by atoms with E-state index in [-0.39, 0.29) is 0 Å². The zero-order chi connectivity index (χ0) is 12.5. The van der Waals surface area contributed by atoms with Gasteiger partial charge in [0.05, 0.1) is 5.60 Å². The predicted molar refractivity (Wildman–Crippen MR) is 71.1 cm³/mol. The Morgan fingerprint density at radius 3 is 2.41 bits per heavy atom. The van der Waals surface area contributed by atoms with Crippen molar-refractivity contribution in [3.05, 3.63) is 0 Å². The van der Waals surface area contributed by atoms with Crippen molar-refractivity contribution >= 4 is 0 Å². The van der Waals surface area contributed by atoms with Crippen LogP contribution in [0.25, 0.3) is 0 Å². The van der Waals surface area contributed by atoms with Gasteiger partial charge in [0, 0.05) is 24.7 Å². The number of piperidine rings is 1. The summed E-state index contributed by atoms with van der Waals surface area (Å²) in [6.07, 6.45) is 7.19. The average Bonchev–Trinajstić information content (AvgIpc) is 2.52. The van der Waals surface area contributed by atoms with Crippen LogP contribution in [0, 0.1) is 0 Å². The van der Waals surface area contributed by atoms with Gasteiger partial charge in [0.25, 0.3) is 0 Å². The fourth-order valence-electron chi connectivity index (χ4n) is 3.57. The third kappa shape index (κ3) is 3.21. The van der Waals surface area contributed by atoms with Crippen molar-refractivity contribution < 1.29 is 5.11 Å². The summed E-state index contributed by atoms with van der Waals surface area (Å²) >= 11 is 0. The van der Waals surface area contributed by atoms with Gasteiger partial charge in [-0.2, -0.15) is 0 Å². The van der Waals surface area contributed by atoms with Crippen molar-refractivity contribution in [1.82, 2.24) is 10.2 Å². The first kappa shape index (κ1) is 13.3. The van der Waals surface area contributed by atoms with Crippen LogP contribution in [-0.4, -0.2) is 47.3 Å². The summed E-state index contributed by atoms with van der Waals surface area (Å²) < 4.78 is 0. The predicted octanol–water partition coefficient (Wildman–Crippen LogP) is 1.75. The molecular formula is C14H28N2O. The normalized spacial score (nSPS) is 37.1. The lowest BCUT2D eigenvalue weighted by Gasteiger charge is -2.38. The lowest BCUT2D eigenvalue weighted by molar-refractivity contribution is 0.0413. The third-order valence-corrected chi connectivity index (χ3v) is 4.66. The highest BCUT2D eigenvalue weighted by Crippen LogP contribution is 2.34.